The van der Waals surface area contributed by atoms with Gasteiger partial charge in [0.15, 0.2) is 12.1 Å². The van der Waals surface area contributed by atoms with E-state index >= 15 is 0 Å². The molecule has 0 aromatic carbocycles. The van der Waals surface area contributed by atoms with Crippen molar-refractivity contribution in [3.8, 4) is 0 Å². The molecular weight excluding hydrogens is 507 g/mol. The van der Waals surface area contributed by atoms with E-state index in [4.69, 9.17) is 24.3 Å². The second-order valence-electron chi connectivity index (χ2n) is 6.45. The zero-order chi connectivity index (χ0) is 23.9. The Morgan fingerprint density at radius 1 is 1.19 bits per heavy atom. The Bertz CT molecular complexity index is 1060. The molecule has 0 aliphatic carbocycles. The minimum Gasteiger partial charge on any atom is -0.390 e. The van der Waals surface area contributed by atoms with Crippen LogP contribution in [0, 0.1) is 0 Å². The largest absolute Gasteiger partial charge is 0.490 e. The minimum absolute atomic E-state index is 0.195. The first kappa shape index (κ1) is 25.6. The number of fused-ring (bicyclic) bond motifs is 1. The molecular formula is C11H18N3O15P3. The number of phosphoric acid groups is 3. The fraction of sp³-hybridized carbons (Fsp3) is 0.636. The molecule has 32 heavy (non-hydrogen) atoms. The third-order valence-corrected chi connectivity index (χ3v) is 7.86. The van der Waals surface area contributed by atoms with Crippen molar-refractivity contribution in [1.29, 1.82) is 0 Å². The van der Waals surface area contributed by atoms with Gasteiger partial charge in [0.2, 0.25) is 0 Å². The van der Waals surface area contributed by atoms with E-state index in [0.29, 0.717) is 18.6 Å². The zero-order valence-corrected chi connectivity index (χ0v) is 18.3. The van der Waals surface area contributed by atoms with Gasteiger partial charge in [0.1, 0.15) is 12.3 Å². The Morgan fingerprint density at radius 3 is 2.53 bits per heavy atom. The number of aliphatic hydroxyl groups excluding tert-OH is 2. The lowest BCUT2D eigenvalue weighted by atomic mass is 10.1. The summed E-state index contributed by atoms with van der Waals surface area (Å²) in [6.07, 6.45) is -5.41. The molecule has 0 bridgehead atoms. The number of rotatable bonds is 8. The number of aliphatic hydroxyl groups is 2. The highest BCUT2D eigenvalue weighted by Gasteiger charge is 2.46. The van der Waals surface area contributed by atoms with Gasteiger partial charge in [-0.1, -0.05) is 0 Å². The maximum atomic E-state index is 12.2. The number of hydrogen-bond donors (Lipinski definition) is 7. The Labute approximate surface area is 177 Å². The molecule has 0 amide bonds. The summed E-state index contributed by atoms with van der Waals surface area (Å²) >= 11 is 0. The summed E-state index contributed by atoms with van der Waals surface area (Å²) in [5.74, 6) is 0.195. The van der Waals surface area contributed by atoms with Gasteiger partial charge in [0.05, 0.1) is 12.7 Å². The van der Waals surface area contributed by atoms with E-state index in [1.165, 1.54) is 6.20 Å². The Hall–Kier alpha value is -1.07. The smallest absolute Gasteiger partial charge is 0.390 e. The first-order valence-electron chi connectivity index (χ1n) is 8.49. The fourth-order valence-corrected chi connectivity index (χ4v) is 5.92. The molecule has 18 nitrogen and oxygen atoms in total. The molecule has 3 heterocycles. The van der Waals surface area contributed by atoms with Gasteiger partial charge in [-0.3, -0.25) is 13.9 Å². The summed E-state index contributed by atoms with van der Waals surface area (Å²) in [5.41, 5.74) is 2.25. The lowest BCUT2D eigenvalue weighted by Gasteiger charge is -2.24. The van der Waals surface area contributed by atoms with Crippen LogP contribution < -0.4 is 11.2 Å². The molecule has 0 spiro atoms. The van der Waals surface area contributed by atoms with Crippen LogP contribution in [0.25, 0.3) is 0 Å². The van der Waals surface area contributed by atoms with E-state index in [2.05, 4.69) is 23.6 Å². The minimum atomic E-state index is -5.80. The molecule has 3 rings (SSSR count). The molecule has 1 aromatic rings. The summed E-state index contributed by atoms with van der Waals surface area (Å²) in [5, 5.41) is 20.1. The average molecular weight is 525 g/mol. The first-order valence-corrected chi connectivity index (χ1v) is 13.0. The highest BCUT2D eigenvalue weighted by Crippen LogP contribution is 2.66. The SMILES string of the molecule is O=c1nc2c(cn1[C@@H]1C[C@H](O)[C@@H](C(O)OP(=O)(O)OP(=O)(O)OP(=O)(O)O)O1)CCON2. The van der Waals surface area contributed by atoms with Crippen LogP contribution in [0.4, 0.5) is 5.82 Å². The van der Waals surface area contributed by atoms with Crippen molar-refractivity contribution in [3.05, 3.63) is 22.2 Å². The van der Waals surface area contributed by atoms with Gasteiger partial charge < -0.3 is 34.5 Å². The number of nitrogens with one attached hydrogen (secondary N) is 1. The van der Waals surface area contributed by atoms with E-state index in [9.17, 15) is 33.6 Å². The van der Waals surface area contributed by atoms with Gasteiger partial charge in [-0.25, -0.2) is 24.0 Å². The van der Waals surface area contributed by atoms with Gasteiger partial charge in [0.25, 0.3) is 0 Å². The summed E-state index contributed by atoms with van der Waals surface area (Å²) in [4.78, 5) is 56.5. The fourth-order valence-electron chi connectivity index (χ4n) is 2.87. The first-order chi connectivity index (χ1) is 14.7. The molecule has 0 radical (unpaired) electrons. The molecule has 182 valence electrons. The van der Waals surface area contributed by atoms with E-state index in [1.807, 2.05) is 0 Å². The standard InChI is InChI=1S/C11H18N3O15P3/c15-6-3-7(14-4-5-1-2-25-13-9(5)12-11(14)17)26-8(6)10(16)27-31(21,22)29-32(23,24)28-30(18,19)20/h4,6-8,10,15-16H,1-3H2,(H,21,22)(H,23,24)(H,12,13,17)(H2,18,19,20)/t6-,7-,8-,10?/m0/s1. The van der Waals surface area contributed by atoms with Crippen molar-refractivity contribution < 1.29 is 66.2 Å². The lowest BCUT2D eigenvalue weighted by molar-refractivity contribution is -0.161. The molecule has 1 saturated heterocycles. The summed E-state index contributed by atoms with van der Waals surface area (Å²) in [6.45, 7) is 0.294. The molecule has 7 N–H and O–H groups in total. The molecule has 1 fully saturated rings. The van der Waals surface area contributed by atoms with Gasteiger partial charge >= 0.3 is 29.2 Å². The van der Waals surface area contributed by atoms with Crippen LogP contribution in [-0.2, 0) is 42.8 Å². The lowest BCUT2D eigenvalue weighted by Crippen LogP contribution is -2.36. The van der Waals surface area contributed by atoms with E-state index in [0.717, 1.165) is 4.57 Å². The van der Waals surface area contributed by atoms with Crippen LogP contribution in [0.5, 0.6) is 0 Å². The molecule has 1 aromatic heterocycles. The van der Waals surface area contributed by atoms with Crippen molar-refractivity contribution in [1.82, 2.24) is 9.55 Å². The van der Waals surface area contributed by atoms with Crippen LogP contribution >= 0.6 is 23.5 Å². The number of anilines is 1. The topological polar surface area (TPSA) is 266 Å². The summed E-state index contributed by atoms with van der Waals surface area (Å²) in [7, 11) is -17.1. The van der Waals surface area contributed by atoms with Crippen molar-refractivity contribution in [3.63, 3.8) is 0 Å². The normalized spacial score (nSPS) is 28.2. The second kappa shape index (κ2) is 9.29. The number of nitrogens with zero attached hydrogens (tertiary/aromatic N) is 2. The number of aromatic nitrogens is 2. The maximum absolute atomic E-state index is 12.2. The summed E-state index contributed by atoms with van der Waals surface area (Å²) in [6, 6.07) is 0. The van der Waals surface area contributed by atoms with Crippen molar-refractivity contribution >= 4 is 29.3 Å². The molecule has 2 aliphatic heterocycles. The van der Waals surface area contributed by atoms with Crippen molar-refractivity contribution in [2.75, 3.05) is 12.1 Å². The van der Waals surface area contributed by atoms with E-state index in [1.54, 1.807) is 0 Å². The van der Waals surface area contributed by atoms with Gasteiger partial charge in [-0.15, -0.1) is 0 Å². The molecule has 3 unspecified atom stereocenters. The predicted molar refractivity (Wildman–Crippen MR) is 97.3 cm³/mol. The van der Waals surface area contributed by atoms with E-state index in [-0.39, 0.29) is 12.2 Å². The Kier molecular flexibility index (Phi) is 7.42. The monoisotopic (exact) mass is 525 g/mol. The van der Waals surface area contributed by atoms with Crippen LogP contribution in [0.2, 0.25) is 0 Å². The molecule has 0 saturated carbocycles. The molecule has 6 atom stereocenters. The van der Waals surface area contributed by atoms with Crippen LogP contribution in [-0.4, -0.2) is 64.4 Å². The number of phosphoric ester groups is 1. The average Bonchev–Trinajstić information content (AvgIpc) is 2.99. The number of ether oxygens (including phenoxy) is 1. The van der Waals surface area contributed by atoms with Gasteiger partial charge in [-0.05, 0) is 0 Å². The Morgan fingerprint density at radius 2 is 1.88 bits per heavy atom. The summed E-state index contributed by atoms with van der Waals surface area (Å²) < 4.78 is 51.4. The third kappa shape index (κ3) is 6.50. The van der Waals surface area contributed by atoms with Gasteiger partial charge in [0, 0.05) is 24.6 Å². The van der Waals surface area contributed by atoms with Gasteiger partial charge in [-0.2, -0.15) is 13.6 Å². The highest BCUT2D eigenvalue weighted by molar-refractivity contribution is 7.66. The molecule has 2 aliphatic rings. The van der Waals surface area contributed by atoms with Crippen LogP contribution in [0.3, 0.4) is 0 Å². The van der Waals surface area contributed by atoms with Crippen molar-refractivity contribution in [2.45, 2.75) is 37.6 Å². The van der Waals surface area contributed by atoms with Crippen LogP contribution in [0.1, 0.15) is 18.2 Å². The third-order valence-electron chi connectivity index (χ3n) is 4.05. The second-order valence-corrected chi connectivity index (χ2v) is 10.8. The Balaban J connectivity index is 1.69. The molecule has 21 heteroatoms. The zero-order valence-electron chi connectivity index (χ0n) is 15.6. The van der Waals surface area contributed by atoms with Crippen molar-refractivity contribution in [2.24, 2.45) is 0 Å². The predicted octanol–water partition coefficient (Wildman–Crippen LogP) is -1.55. The highest BCUT2D eigenvalue weighted by atomic mass is 31.3. The number of hydrogen-bond acceptors (Lipinski definition) is 13. The van der Waals surface area contributed by atoms with E-state index < -0.39 is 53.9 Å². The van der Waals surface area contributed by atoms with Crippen LogP contribution in [0.15, 0.2) is 11.0 Å². The maximum Gasteiger partial charge on any atom is 0.490 e. The quantitative estimate of drug-likeness (QED) is 0.150.